The monoisotopic (exact) mass is 380 g/mol. The minimum atomic E-state index is -4.69. The molecular weight excluding hydrogens is 353 g/mol. The summed E-state index contributed by atoms with van der Waals surface area (Å²) < 4.78 is 40.5. The lowest BCUT2D eigenvalue weighted by atomic mass is 9.87. The maximum Gasteiger partial charge on any atom is 0.573 e. The van der Waals surface area contributed by atoms with Gasteiger partial charge in [-0.1, -0.05) is 40.7 Å². The Kier molecular flexibility index (Phi) is 6.50. The summed E-state index contributed by atoms with van der Waals surface area (Å²) >= 11 is 0. The van der Waals surface area contributed by atoms with Crippen molar-refractivity contribution in [2.45, 2.75) is 71.1 Å². The van der Waals surface area contributed by atoms with E-state index < -0.39 is 6.36 Å². The molecule has 0 saturated carbocycles. The summed E-state index contributed by atoms with van der Waals surface area (Å²) in [7, 11) is 0. The number of alkyl halides is 3. The Morgan fingerprint density at radius 1 is 0.852 bits per heavy atom. The fourth-order valence-corrected chi connectivity index (χ4v) is 2.81. The number of nitrogens with zero attached hydrogens (tertiary/aromatic N) is 2. The van der Waals surface area contributed by atoms with Crippen molar-refractivity contribution < 1.29 is 17.9 Å². The first-order chi connectivity index (χ1) is 12.5. The van der Waals surface area contributed by atoms with Gasteiger partial charge in [0, 0.05) is 17.6 Å². The van der Waals surface area contributed by atoms with Crippen LogP contribution in [0.5, 0.6) is 5.75 Å². The van der Waals surface area contributed by atoms with Gasteiger partial charge >= 0.3 is 6.36 Å². The molecule has 0 saturated heterocycles. The molecule has 2 heterocycles. The van der Waals surface area contributed by atoms with Gasteiger partial charge in [-0.2, -0.15) is 0 Å². The van der Waals surface area contributed by atoms with Crippen LogP contribution >= 0.6 is 0 Å². The van der Waals surface area contributed by atoms with Gasteiger partial charge in [-0.05, 0) is 53.9 Å². The highest BCUT2D eigenvalue weighted by molar-refractivity contribution is 5.23. The van der Waals surface area contributed by atoms with Crippen molar-refractivity contribution in [3.8, 4) is 5.75 Å². The van der Waals surface area contributed by atoms with Crippen LogP contribution in [0.2, 0.25) is 0 Å². The van der Waals surface area contributed by atoms with Gasteiger partial charge in [0.05, 0.1) is 6.20 Å². The fourth-order valence-electron chi connectivity index (χ4n) is 2.81. The van der Waals surface area contributed by atoms with Crippen molar-refractivity contribution in [2.75, 3.05) is 0 Å². The molecule has 2 aromatic rings. The van der Waals surface area contributed by atoms with E-state index in [-0.39, 0.29) is 17.1 Å². The number of hydrogen-bond donors (Lipinski definition) is 0. The smallest absolute Gasteiger partial charge is 0.404 e. The second-order valence-electron chi connectivity index (χ2n) is 8.07. The Bertz CT molecular complexity index is 719. The van der Waals surface area contributed by atoms with Crippen LogP contribution in [0.3, 0.4) is 0 Å². The topological polar surface area (TPSA) is 35.0 Å². The molecule has 0 radical (unpaired) electrons. The Labute approximate surface area is 159 Å². The largest absolute Gasteiger partial charge is 0.573 e. The standard InChI is InChI=1S/C21H27F3N2O/c1-14(18-10-8-16(12-25-18)20(3,4)5)6-7-15(2)19-11-9-17(13-26-19)27-21(22,23)24/h8-15H,6-7H2,1-5H3. The first-order valence-electron chi connectivity index (χ1n) is 9.14. The third-order valence-electron chi connectivity index (χ3n) is 4.69. The summed E-state index contributed by atoms with van der Waals surface area (Å²) in [5.41, 5.74) is 3.10. The third kappa shape index (κ3) is 6.52. The van der Waals surface area contributed by atoms with Gasteiger partial charge in [-0.3, -0.25) is 9.97 Å². The highest BCUT2D eigenvalue weighted by Gasteiger charge is 2.31. The molecule has 0 spiro atoms. The second-order valence-corrected chi connectivity index (χ2v) is 8.07. The van der Waals surface area contributed by atoms with Crippen LogP contribution in [0.15, 0.2) is 36.7 Å². The summed E-state index contributed by atoms with van der Waals surface area (Å²) in [4.78, 5) is 8.71. The number of rotatable bonds is 6. The highest BCUT2D eigenvalue weighted by atomic mass is 19.4. The normalized spacial score (nSPS) is 14.7. The lowest BCUT2D eigenvalue weighted by molar-refractivity contribution is -0.274. The highest BCUT2D eigenvalue weighted by Crippen LogP contribution is 2.29. The summed E-state index contributed by atoms with van der Waals surface area (Å²) in [6, 6.07) is 7.11. The van der Waals surface area contributed by atoms with Crippen molar-refractivity contribution in [3.05, 3.63) is 53.6 Å². The van der Waals surface area contributed by atoms with E-state index in [9.17, 15) is 13.2 Å². The Morgan fingerprint density at radius 3 is 1.74 bits per heavy atom. The van der Waals surface area contributed by atoms with Gasteiger partial charge in [-0.25, -0.2) is 0 Å². The lowest BCUT2D eigenvalue weighted by Gasteiger charge is -2.20. The van der Waals surface area contributed by atoms with Gasteiger partial charge < -0.3 is 4.74 Å². The van der Waals surface area contributed by atoms with E-state index in [1.165, 1.54) is 11.6 Å². The van der Waals surface area contributed by atoms with E-state index in [0.29, 0.717) is 5.92 Å². The van der Waals surface area contributed by atoms with Crippen LogP contribution in [0.1, 0.15) is 76.2 Å². The van der Waals surface area contributed by atoms with Gasteiger partial charge in [-0.15, -0.1) is 13.2 Å². The van der Waals surface area contributed by atoms with Gasteiger partial charge in [0.1, 0.15) is 5.75 Å². The van der Waals surface area contributed by atoms with Crippen molar-refractivity contribution in [1.29, 1.82) is 0 Å². The quantitative estimate of drug-likeness (QED) is 0.585. The average Bonchev–Trinajstić information content (AvgIpc) is 2.58. The lowest BCUT2D eigenvalue weighted by Crippen LogP contribution is -2.17. The summed E-state index contributed by atoms with van der Waals surface area (Å²) in [5.74, 6) is 0.144. The minimum Gasteiger partial charge on any atom is -0.404 e. The number of aromatic nitrogens is 2. The Hall–Kier alpha value is -2.11. The summed E-state index contributed by atoms with van der Waals surface area (Å²) in [5, 5.41) is 0. The van der Waals surface area contributed by atoms with Crippen molar-refractivity contribution in [2.24, 2.45) is 0 Å². The predicted octanol–water partition coefficient (Wildman–Crippen LogP) is 6.36. The zero-order valence-electron chi connectivity index (χ0n) is 16.5. The van der Waals surface area contributed by atoms with E-state index >= 15 is 0 Å². The molecule has 2 aromatic heterocycles. The van der Waals surface area contributed by atoms with Crippen molar-refractivity contribution in [3.63, 3.8) is 0 Å². The van der Waals surface area contributed by atoms with Crippen LogP contribution in [0.4, 0.5) is 13.2 Å². The SMILES string of the molecule is CC(CCC(C)c1ccc(C(C)(C)C)cn1)c1ccc(OC(F)(F)F)cn1. The van der Waals surface area contributed by atoms with Crippen molar-refractivity contribution >= 4 is 0 Å². The molecule has 0 aliphatic rings. The first-order valence-corrected chi connectivity index (χ1v) is 9.14. The molecular formula is C21H27F3N2O. The van der Waals surface area contributed by atoms with E-state index in [1.54, 1.807) is 6.07 Å². The molecule has 2 atom stereocenters. The van der Waals surface area contributed by atoms with Crippen LogP contribution in [0, 0.1) is 0 Å². The number of ether oxygens (including phenoxy) is 1. The molecule has 0 fully saturated rings. The molecule has 0 bridgehead atoms. The fraction of sp³-hybridized carbons (Fsp3) is 0.524. The van der Waals surface area contributed by atoms with Crippen LogP contribution < -0.4 is 4.74 Å². The zero-order chi connectivity index (χ0) is 20.2. The summed E-state index contributed by atoms with van der Waals surface area (Å²) in [6.45, 7) is 10.6. The number of halogens is 3. The molecule has 2 unspecified atom stereocenters. The molecule has 0 aliphatic carbocycles. The summed E-state index contributed by atoms with van der Waals surface area (Å²) in [6.07, 6.45) is 0.160. The molecule has 0 N–H and O–H groups in total. The second kappa shape index (κ2) is 8.28. The molecule has 148 valence electrons. The predicted molar refractivity (Wildman–Crippen MR) is 99.9 cm³/mol. The van der Waals surface area contributed by atoms with Crippen LogP contribution in [-0.2, 0) is 5.41 Å². The molecule has 2 rings (SSSR count). The Balaban J connectivity index is 1.91. The van der Waals surface area contributed by atoms with Gasteiger partial charge in [0.2, 0.25) is 0 Å². The number of hydrogen-bond acceptors (Lipinski definition) is 3. The minimum absolute atomic E-state index is 0.0803. The number of pyridine rings is 2. The molecule has 0 amide bonds. The van der Waals surface area contributed by atoms with E-state index in [0.717, 1.165) is 30.4 Å². The third-order valence-corrected chi connectivity index (χ3v) is 4.69. The van der Waals surface area contributed by atoms with Gasteiger partial charge in [0.15, 0.2) is 0 Å². The van der Waals surface area contributed by atoms with E-state index in [1.807, 2.05) is 13.1 Å². The molecule has 3 nitrogen and oxygen atoms in total. The van der Waals surface area contributed by atoms with E-state index in [4.69, 9.17) is 0 Å². The maximum atomic E-state index is 12.2. The maximum absolute atomic E-state index is 12.2. The first kappa shape index (κ1) is 21.2. The average molecular weight is 380 g/mol. The zero-order valence-corrected chi connectivity index (χ0v) is 16.5. The molecule has 0 aromatic carbocycles. The molecule has 6 heteroatoms. The van der Waals surface area contributed by atoms with E-state index in [2.05, 4.69) is 54.5 Å². The van der Waals surface area contributed by atoms with Crippen molar-refractivity contribution in [1.82, 2.24) is 9.97 Å². The van der Waals surface area contributed by atoms with Crippen LogP contribution in [0.25, 0.3) is 0 Å². The van der Waals surface area contributed by atoms with Crippen LogP contribution in [-0.4, -0.2) is 16.3 Å². The van der Waals surface area contributed by atoms with Gasteiger partial charge in [0.25, 0.3) is 0 Å². The molecule has 0 aliphatic heterocycles. The Morgan fingerprint density at radius 2 is 1.37 bits per heavy atom. The molecule has 27 heavy (non-hydrogen) atoms.